The highest BCUT2D eigenvalue weighted by molar-refractivity contribution is 5.79. The third kappa shape index (κ3) is 2.15. The van der Waals surface area contributed by atoms with Crippen LogP contribution in [0.1, 0.15) is 0 Å². The maximum absolute atomic E-state index is 10.6. The molecule has 0 spiro atoms. The zero-order chi connectivity index (χ0) is 12.4. The van der Waals surface area contributed by atoms with Crippen molar-refractivity contribution in [3.63, 3.8) is 0 Å². The van der Waals surface area contributed by atoms with E-state index in [1.165, 1.54) is 18.5 Å². The first-order valence-electron chi connectivity index (χ1n) is 4.83. The summed E-state index contributed by atoms with van der Waals surface area (Å²) in [5.74, 6) is 0. The number of hydrogen-bond donors (Lipinski definition) is 2. The molecule has 6 nitrogen and oxygen atoms in total. The van der Waals surface area contributed by atoms with Crippen LogP contribution in [-0.2, 0) is 0 Å². The predicted molar refractivity (Wildman–Crippen MR) is 65.2 cm³/mol. The van der Waals surface area contributed by atoms with E-state index in [9.17, 15) is 10.1 Å². The fourth-order valence-corrected chi connectivity index (χ4v) is 1.50. The summed E-state index contributed by atoms with van der Waals surface area (Å²) in [6, 6.07) is 6.40. The van der Waals surface area contributed by atoms with Crippen molar-refractivity contribution in [2.75, 3.05) is 11.5 Å². The van der Waals surface area contributed by atoms with Crippen LogP contribution >= 0.6 is 0 Å². The van der Waals surface area contributed by atoms with E-state index < -0.39 is 4.92 Å². The van der Waals surface area contributed by atoms with Gasteiger partial charge < -0.3 is 11.5 Å². The van der Waals surface area contributed by atoms with Gasteiger partial charge in [-0.3, -0.25) is 15.1 Å². The molecule has 2 aromatic rings. The lowest BCUT2D eigenvalue weighted by Crippen LogP contribution is -1.95. The van der Waals surface area contributed by atoms with E-state index in [0.717, 1.165) is 0 Å². The number of benzene rings is 1. The second-order valence-corrected chi connectivity index (χ2v) is 3.54. The summed E-state index contributed by atoms with van der Waals surface area (Å²) in [6.07, 6.45) is 2.70. The Balaban J connectivity index is 2.56. The van der Waals surface area contributed by atoms with Gasteiger partial charge in [0.05, 0.1) is 4.92 Å². The first kappa shape index (κ1) is 10.9. The quantitative estimate of drug-likeness (QED) is 0.464. The van der Waals surface area contributed by atoms with Crippen molar-refractivity contribution in [3.8, 4) is 11.1 Å². The highest BCUT2D eigenvalue weighted by Crippen LogP contribution is 2.29. The summed E-state index contributed by atoms with van der Waals surface area (Å²) in [4.78, 5) is 14.0. The smallest absolute Gasteiger partial charge is 0.288 e. The second kappa shape index (κ2) is 4.09. The third-order valence-electron chi connectivity index (χ3n) is 2.32. The topological polar surface area (TPSA) is 108 Å². The van der Waals surface area contributed by atoms with E-state index >= 15 is 0 Å². The molecule has 0 aliphatic carbocycles. The molecule has 0 saturated carbocycles. The van der Waals surface area contributed by atoms with Crippen LogP contribution < -0.4 is 11.5 Å². The number of aromatic nitrogens is 1. The van der Waals surface area contributed by atoms with E-state index in [1.807, 2.05) is 0 Å². The van der Waals surface area contributed by atoms with E-state index in [0.29, 0.717) is 22.5 Å². The summed E-state index contributed by atoms with van der Waals surface area (Å²) in [5.41, 5.74) is 13.6. The van der Waals surface area contributed by atoms with Crippen LogP contribution in [-0.4, -0.2) is 9.91 Å². The molecule has 1 aromatic carbocycles. The Labute approximate surface area is 97.0 Å². The first-order valence-corrected chi connectivity index (χ1v) is 4.83. The van der Waals surface area contributed by atoms with E-state index in [4.69, 9.17) is 11.5 Å². The van der Waals surface area contributed by atoms with Crippen molar-refractivity contribution in [1.82, 2.24) is 4.98 Å². The van der Waals surface area contributed by atoms with Gasteiger partial charge in [0.15, 0.2) is 0 Å². The van der Waals surface area contributed by atoms with Gasteiger partial charge in [-0.15, -0.1) is 0 Å². The zero-order valence-corrected chi connectivity index (χ0v) is 8.83. The molecule has 6 heteroatoms. The van der Waals surface area contributed by atoms with Crippen molar-refractivity contribution in [1.29, 1.82) is 0 Å². The Kier molecular flexibility index (Phi) is 2.61. The lowest BCUT2D eigenvalue weighted by Gasteiger charge is -2.06. The summed E-state index contributed by atoms with van der Waals surface area (Å²) in [5, 5.41) is 10.6. The molecule has 0 saturated heterocycles. The molecular weight excluding hydrogens is 220 g/mol. The van der Waals surface area contributed by atoms with Crippen molar-refractivity contribution in [2.24, 2.45) is 0 Å². The largest absolute Gasteiger partial charge is 0.399 e. The summed E-state index contributed by atoms with van der Waals surface area (Å²) in [7, 11) is 0. The Morgan fingerprint density at radius 3 is 2.65 bits per heavy atom. The highest BCUT2D eigenvalue weighted by Gasteiger charge is 2.10. The van der Waals surface area contributed by atoms with Crippen molar-refractivity contribution < 1.29 is 4.92 Å². The van der Waals surface area contributed by atoms with Gasteiger partial charge in [-0.25, -0.2) is 0 Å². The Morgan fingerprint density at radius 1 is 1.18 bits per heavy atom. The molecule has 0 atom stereocenters. The number of pyridine rings is 1. The predicted octanol–water partition coefficient (Wildman–Crippen LogP) is 1.82. The van der Waals surface area contributed by atoms with E-state index in [1.54, 1.807) is 18.2 Å². The van der Waals surface area contributed by atoms with Crippen LogP contribution in [0, 0.1) is 10.1 Å². The number of nitrogens with zero attached hydrogens (tertiary/aromatic N) is 2. The minimum absolute atomic E-state index is 0.0793. The number of nitrogen functional groups attached to an aromatic ring is 2. The third-order valence-corrected chi connectivity index (χ3v) is 2.32. The van der Waals surface area contributed by atoms with E-state index in [-0.39, 0.29) is 5.69 Å². The minimum Gasteiger partial charge on any atom is -0.399 e. The lowest BCUT2D eigenvalue weighted by molar-refractivity contribution is -0.385. The van der Waals surface area contributed by atoms with Crippen LogP contribution in [0.15, 0.2) is 36.7 Å². The molecule has 2 rings (SSSR count). The zero-order valence-electron chi connectivity index (χ0n) is 8.83. The van der Waals surface area contributed by atoms with Crippen LogP contribution in [0.3, 0.4) is 0 Å². The van der Waals surface area contributed by atoms with Crippen molar-refractivity contribution >= 4 is 17.1 Å². The Morgan fingerprint density at radius 2 is 1.94 bits per heavy atom. The van der Waals surface area contributed by atoms with Gasteiger partial charge in [0, 0.05) is 34.8 Å². The Hall–Kier alpha value is -2.63. The van der Waals surface area contributed by atoms with Gasteiger partial charge in [0.1, 0.15) is 6.20 Å². The molecule has 17 heavy (non-hydrogen) atoms. The van der Waals surface area contributed by atoms with Crippen LogP contribution in [0.25, 0.3) is 11.1 Å². The molecule has 86 valence electrons. The molecule has 0 unspecified atom stereocenters. The SMILES string of the molecule is Nc1ccc(N)c(-c2cncc([N+](=O)[O-])c2)c1. The maximum atomic E-state index is 10.6. The lowest BCUT2D eigenvalue weighted by atomic mass is 10.0. The summed E-state index contributed by atoms with van der Waals surface area (Å²) in [6.45, 7) is 0. The van der Waals surface area contributed by atoms with Crippen LogP contribution in [0.5, 0.6) is 0 Å². The fourth-order valence-electron chi connectivity index (χ4n) is 1.50. The summed E-state index contributed by atoms with van der Waals surface area (Å²) >= 11 is 0. The summed E-state index contributed by atoms with van der Waals surface area (Å²) < 4.78 is 0. The molecular formula is C11H10N4O2. The standard InChI is InChI=1S/C11H10N4O2/c12-8-1-2-11(13)10(4-8)7-3-9(15(16)17)6-14-5-7/h1-6H,12-13H2. The van der Waals surface area contributed by atoms with Gasteiger partial charge >= 0.3 is 0 Å². The van der Waals surface area contributed by atoms with Crippen molar-refractivity contribution in [3.05, 3.63) is 46.8 Å². The average Bonchev–Trinajstić information content (AvgIpc) is 2.32. The number of anilines is 2. The van der Waals surface area contributed by atoms with Gasteiger partial charge in [0.25, 0.3) is 5.69 Å². The Bertz CT molecular complexity index is 583. The minimum atomic E-state index is -0.501. The van der Waals surface area contributed by atoms with Crippen LogP contribution in [0.2, 0.25) is 0 Å². The normalized spacial score (nSPS) is 10.1. The molecule has 4 N–H and O–H groups in total. The molecule has 0 radical (unpaired) electrons. The van der Waals surface area contributed by atoms with Gasteiger partial charge in [-0.05, 0) is 18.2 Å². The average molecular weight is 230 g/mol. The van der Waals surface area contributed by atoms with Gasteiger partial charge in [-0.2, -0.15) is 0 Å². The first-order chi connectivity index (χ1) is 8.08. The molecule has 0 amide bonds. The molecule has 1 heterocycles. The molecule has 0 bridgehead atoms. The molecule has 0 fully saturated rings. The van der Waals surface area contributed by atoms with Gasteiger partial charge in [-0.1, -0.05) is 0 Å². The second-order valence-electron chi connectivity index (χ2n) is 3.54. The number of nitrogens with two attached hydrogens (primary N) is 2. The van der Waals surface area contributed by atoms with Crippen molar-refractivity contribution in [2.45, 2.75) is 0 Å². The van der Waals surface area contributed by atoms with E-state index in [2.05, 4.69) is 4.98 Å². The molecule has 0 aliphatic heterocycles. The monoisotopic (exact) mass is 230 g/mol. The molecule has 1 aromatic heterocycles. The number of hydrogen-bond acceptors (Lipinski definition) is 5. The van der Waals surface area contributed by atoms with Gasteiger partial charge in [0.2, 0.25) is 0 Å². The molecule has 0 aliphatic rings. The fraction of sp³-hybridized carbons (Fsp3) is 0. The maximum Gasteiger partial charge on any atom is 0.288 e. The number of rotatable bonds is 2. The van der Waals surface area contributed by atoms with Crippen LogP contribution in [0.4, 0.5) is 17.1 Å². The number of nitro groups is 1. The highest BCUT2D eigenvalue weighted by atomic mass is 16.6.